The maximum absolute atomic E-state index is 11.8. The summed E-state index contributed by atoms with van der Waals surface area (Å²) >= 11 is 0. The van der Waals surface area contributed by atoms with Crippen LogP contribution in [-0.4, -0.2) is 58.3 Å². The van der Waals surface area contributed by atoms with Crippen LogP contribution < -0.4 is 0 Å². The second kappa shape index (κ2) is 4.44. The van der Waals surface area contributed by atoms with Gasteiger partial charge in [-0.2, -0.15) is 0 Å². The number of fused-ring (bicyclic) bond motifs is 1. The molecule has 7 nitrogen and oxygen atoms in total. The average Bonchev–Trinajstić information content (AvgIpc) is 3.05. The molecule has 0 aromatic heterocycles. The number of cyclic esters (lactones) is 1. The van der Waals surface area contributed by atoms with Crippen LogP contribution in [0.3, 0.4) is 0 Å². The molecule has 5 fully saturated rings. The maximum Gasteiger partial charge on any atom is 0.333 e. The van der Waals surface area contributed by atoms with Crippen LogP contribution in [0, 0.1) is 16.7 Å². The van der Waals surface area contributed by atoms with E-state index in [2.05, 4.69) is 13.8 Å². The number of ether oxygens (including phenoxy) is 4. The summed E-state index contributed by atoms with van der Waals surface area (Å²) in [6.45, 7) is 6.83. The highest BCUT2D eigenvalue weighted by molar-refractivity contribution is 5.86. The summed E-state index contributed by atoms with van der Waals surface area (Å²) in [5, 5.41) is 21.1. The van der Waals surface area contributed by atoms with Crippen molar-refractivity contribution in [3.63, 3.8) is 0 Å². The van der Waals surface area contributed by atoms with Crippen LogP contribution in [0.4, 0.5) is 0 Å². The number of hydrogen-bond acceptors (Lipinski definition) is 7. The summed E-state index contributed by atoms with van der Waals surface area (Å²) in [6.07, 6.45) is 2.16. The molecule has 0 radical (unpaired) electrons. The minimum Gasteiger partial charge on any atom is -0.428 e. The molecule has 2 bridgehead atoms. The summed E-state index contributed by atoms with van der Waals surface area (Å²) in [5.74, 6) is -1.42. The van der Waals surface area contributed by atoms with Crippen LogP contribution in [0.2, 0.25) is 0 Å². The van der Waals surface area contributed by atoms with Crippen LogP contribution >= 0.6 is 0 Å². The van der Waals surface area contributed by atoms with Crippen LogP contribution in [-0.2, 0) is 23.7 Å². The Bertz CT molecular complexity index is 795. The molecule has 2 aliphatic carbocycles. The van der Waals surface area contributed by atoms with E-state index < -0.39 is 40.8 Å². The summed E-state index contributed by atoms with van der Waals surface area (Å²) in [7, 11) is 0. The number of aliphatic hydroxyl groups is 2. The molecular formula is C20H26O7. The van der Waals surface area contributed by atoms with E-state index in [1.165, 1.54) is 6.08 Å². The molecule has 7 heteroatoms. The van der Waals surface area contributed by atoms with E-state index in [0.29, 0.717) is 37.4 Å². The lowest BCUT2D eigenvalue weighted by atomic mass is 9.37. The predicted molar refractivity (Wildman–Crippen MR) is 90.1 cm³/mol. The molecule has 2 unspecified atom stereocenters. The topological polar surface area (TPSA) is 94.5 Å². The lowest BCUT2D eigenvalue weighted by molar-refractivity contribution is -0.487. The summed E-state index contributed by atoms with van der Waals surface area (Å²) in [5.41, 5.74) is -1.52. The molecule has 9 atom stereocenters. The van der Waals surface area contributed by atoms with Gasteiger partial charge in [-0.15, -0.1) is 0 Å². The zero-order chi connectivity index (χ0) is 19.0. The van der Waals surface area contributed by atoms with Gasteiger partial charge < -0.3 is 29.2 Å². The molecule has 148 valence electrons. The number of carbonyl (C=O) groups excluding carboxylic acids is 1. The van der Waals surface area contributed by atoms with Crippen LogP contribution in [0.1, 0.15) is 46.5 Å². The Kier molecular flexibility index (Phi) is 2.78. The smallest absolute Gasteiger partial charge is 0.333 e. The molecule has 0 amide bonds. The Morgan fingerprint density at radius 3 is 2.74 bits per heavy atom. The van der Waals surface area contributed by atoms with E-state index in [4.69, 9.17) is 18.9 Å². The number of aliphatic hydroxyl groups excluding tert-OH is 2. The normalized spacial score (nSPS) is 63.1. The molecule has 4 aliphatic heterocycles. The van der Waals surface area contributed by atoms with E-state index in [-0.39, 0.29) is 11.5 Å². The van der Waals surface area contributed by atoms with Gasteiger partial charge in [0, 0.05) is 17.9 Å². The van der Waals surface area contributed by atoms with E-state index in [0.717, 1.165) is 6.42 Å². The van der Waals surface area contributed by atoms with E-state index in [1.54, 1.807) is 0 Å². The first-order valence-electron chi connectivity index (χ1n) is 9.95. The highest BCUT2D eigenvalue weighted by Crippen LogP contribution is 2.80. The van der Waals surface area contributed by atoms with Crippen molar-refractivity contribution in [1.82, 2.24) is 0 Å². The molecule has 6 rings (SSSR count). The monoisotopic (exact) mass is 378 g/mol. The summed E-state index contributed by atoms with van der Waals surface area (Å²) in [6, 6.07) is 0. The molecule has 2 N–H and O–H groups in total. The third kappa shape index (κ3) is 1.44. The van der Waals surface area contributed by atoms with E-state index in [1.807, 2.05) is 6.92 Å². The van der Waals surface area contributed by atoms with Crippen molar-refractivity contribution in [3.8, 4) is 0 Å². The van der Waals surface area contributed by atoms with Gasteiger partial charge in [-0.05, 0) is 32.1 Å². The zero-order valence-electron chi connectivity index (χ0n) is 15.9. The van der Waals surface area contributed by atoms with Gasteiger partial charge in [-0.3, -0.25) is 0 Å². The van der Waals surface area contributed by atoms with Gasteiger partial charge in [-0.25, -0.2) is 4.79 Å². The van der Waals surface area contributed by atoms with Gasteiger partial charge in [-0.1, -0.05) is 13.8 Å². The van der Waals surface area contributed by atoms with Crippen molar-refractivity contribution in [2.75, 3.05) is 6.61 Å². The van der Waals surface area contributed by atoms with E-state index in [9.17, 15) is 15.0 Å². The first-order chi connectivity index (χ1) is 12.6. The van der Waals surface area contributed by atoms with Gasteiger partial charge in [0.2, 0.25) is 6.29 Å². The van der Waals surface area contributed by atoms with Crippen molar-refractivity contribution < 1.29 is 34.0 Å². The fraction of sp³-hybridized carbons (Fsp3) is 0.850. The van der Waals surface area contributed by atoms with Crippen LogP contribution in [0.15, 0.2) is 11.6 Å². The van der Waals surface area contributed by atoms with Gasteiger partial charge in [0.15, 0.2) is 5.79 Å². The maximum atomic E-state index is 11.8. The van der Waals surface area contributed by atoms with Crippen molar-refractivity contribution in [3.05, 3.63) is 11.6 Å². The molecule has 2 saturated carbocycles. The fourth-order valence-electron chi connectivity index (χ4n) is 7.65. The molecule has 27 heavy (non-hydrogen) atoms. The molecule has 0 aromatic carbocycles. The number of carbonyl (C=O) groups is 1. The number of esters is 1. The van der Waals surface area contributed by atoms with Crippen molar-refractivity contribution >= 4 is 5.97 Å². The predicted octanol–water partition coefficient (Wildman–Crippen LogP) is 1.02. The molecule has 0 aromatic rings. The zero-order valence-corrected chi connectivity index (χ0v) is 15.9. The molecule has 6 aliphatic rings. The summed E-state index contributed by atoms with van der Waals surface area (Å²) < 4.78 is 24.5. The minimum absolute atomic E-state index is 0.0167. The highest BCUT2D eigenvalue weighted by atomic mass is 16.7. The Labute approximate surface area is 157 Å². The standard InChI is InChI=1S/C20H26O7/c1-10-6-13-18-9-24-19(11-7-14(22)25-15(11)23)8-16(10,2)20(18,27-19)5-4-12(21)17(18,3)26-13/h7,10,12-13,15,21,23H,4-6,8-9H2,1-3H3/t10-,12-,13+,15?,16+,17-,18-,19+,20?/m0/s1. The molecule has 4 heterocycles. The quantitative estimate of drug-likeness (QED) is 0.658. The SMILES string of the molecule is C[C@H]1C[C@H]2O[C@@]3(C)[C@@H](O)CCC45O[C@@](C6=CC(=O)OC6O)(C[C@]14C)OC[C@@]253. The van der Waals surface area contributed by atoms with Crippen molar-refractivity contribution in [1.29, 1.82) is 0 Å². The third-order valence-electron chi connectivity index (χ3n) is 9.21. The lowest BCUT2D eigenvalue weighted by Crippen LogP contribution is -2.89. The Morgan fingerprint density at radius 2 is 2.04 bits per heavy atom. The second-order valence-electron chi connectivity index (χ2n) is 9.83. The highest BCUT2D eigenvalue weighted by Gasteiger charge is 2.89. The molecule has 2 spiro atoms. The van der Waals surface area contributed by atoms with E-state index >= 15 is 0 Å². The van der Waals surface area contributed by atoms with Gasteiger partial charge in [0.1, 0.15) is 5.60 Å². The minimum atomic E-state index is -1.34. The largest absolute Gasteiger partial charge is 0.428 e. The van der Waals surface area contributed by atoms with Crippen LogP contribution in [0.5, 0.6) is 0 Å². The molecule has 3 saturated heterocycles. The molecular weight excluding hydrogens is 352 g/mol. The average molecular weight is 378 g/mol. The van der Waals surface area contributed by atoms with Crippen molar-refractivity contribution in [2.45, 2.75) is 81.9 Å². The van der Waals surface area contributed by atoms with Crippen LogP contribution in [0.25, 0.3) is 0 Å². The Morgan fingerprint density at radius 1 is 1.26 bits per heavy atom. The Hall–Kier alpha value is -0.990. The fourth-order valence-corrected chi connectivity index (χ4v) is 7.65. The van der Waals surface area contributed by atoms with Gasteiger partial charge in [0.05, 0.1) is 35.4 Å². The number of rotatable bonds is 1. The van der Waals surface area contributed by atoms with Crippen molar-refractivity contribution in [2.24, 2.45) is 16.7 Å². The van der Waals surface area contributed by atoms with Gasteiger partial charge >= 0.3 is 5.97 Å². The summed E-state index contributed by atoms with van der Waals surface area (Å²) in [4.78, 5) is 11.8. The lowest BCUT2D eigenvalue weighted by Gasteiger charge is -2.78. The second-order valence-corrected chi connectivity index (χ2v) is 9.83. The first kappa shape index (κ1) is 16.9. The Balaban J connectivity index is 1.56. The van der Waals surface area contributed by atoms with Gasteiger partial charge in [0.25, 0.3) is 0 Å². The first-order valence-corrected chi connectivity index (χ1v) is 9.95. The number of hydrogen-bond donors (Lipinski definition) is 2. The third-order valence-corrected chi connectivity index (χ3v) is 9.21.